The molecule has 1 atom stereocenters. The molecule has 0 radical (unpaired) electrons. The summed E-state index contributed by atoms with van der Waals surface area (Å²) in [5, 5.41) is 0. The van der Waals surface area contributed by atoms with Crippen molar-refractivity contribution in [3.8, 4) is 0 Å². The van der Waals surface area contributed by atoms with Gasteiger partial charge in [-0.25, -0.2) is 0 Å². The normalized spacial score (nSPS) is 19.4. The maximum Gasteiger partial charge on any atom is 0.211 e. The minimum atomic E-state index is -0.377. The van der Waals surface area contributed by atoms with Crippen molar-refractivity contribution in [3.63, 3.8) is 0 Å². The van der Waals surface area contributed by atoms with Crippen molar-refractivity contribution in [2.45, 2.75) is 12.4 Å². The monoisotopic (exact) mass is 532 g/mol. The van der Waals surface area contributed by atoms with Crippen LogP contribution < -0.4 is 0 Å². The summed E-state index contributed by atoms with van der Waals surface area (Å²) in [5.41, 5.74) is 2.37. The molecule has 0 bridgehead atoms. The van der Waals surface area contributed by atoms with Crippen LogP contribution in [-0.2, 0) is 4.74 Å². The second-order valence-corrected chi connectivity index (χ2v) is 11.6. The van der Waals surface area contributed by atoms with Gasteiger partial charge in [0.25, 0.3) is 0 Å². The smallest absolute Gasteiger partial charge is 0.211 e. The maximum atomic E-state index is 13.3. The van der Waals surface area contributed by atoms with E-state index in [1.54, 1.807) is 48.5 Å². The van der Waals surface area contributed by atoms with Gasteiger partial charge < -0.3 is 14.5 Å². The zero-order valence-corrected chi connectivity index (χ0v) is 21.8. The van der Waals surface area contributed by atoms with Gasteiger partial charge in [0.05, 0.1) is 16.4 Å². The molecule has 0 spiro atoms. The van der Waals surface area contributed by atoms with E-state index < -0.39 is 0 Å². The summed E-state index contributed by atoms with van der Waals surface area (Å²) >= 11 is 2.60. The van der Waals surface area contributed by atoms with Gasteiger partial charge in [0, 0.05) is 54.2 Å². The van der Waals surface area contributed by atoms with Gasteiger partial charge >= 0.3 is 0 Å². The first-order valence-corrected chi connectivity index (χ1v) is 14.1. The van der Waals surface area contributed by atoms with Crippen molar-refractivity contribution in [2.24, 2.45) is 0 Å². The molecule has 2 aliphatic carbocycles. The molecular formula is C28H24N2O5S2. The van der Waals surface area contributed by atoms with Gasteiger partial charge in [-0.1, -0.05) is 60.3 Å². The Hall–Kier alpha value is -3.14. The summed E-state index contributed by atoms with van der Waals surface area (Å²) in [4.78, 5) is 57.4. The van der Waals surface area contributed by atoms with Crippen molar-refractivity contribution in [2.75, 3.05) is 38.5 Å². The lowest BCUT2D eigenvalue weighted by atomic mass is 9.92. The van der Waals surface area contributed by atoms with Crippen LogP contribution in [0, 0.1) is 0 Å². The molecule has 0 saturated carbocycles. The molecular weight excluding hydrogens is 508 g/mol. The Balaban J connectivity index is 1.13. The molecule has 2 aliphatic heterocycles. The maximum absolute atomic E-state index is 13.3. The molecule has 9 heteroatoms. The van der Waals surface area contributed by atoms with Crippen LogP contribution in [-0.4, -0.2) is 76.9 Å². The minimum Gasteiger partial charge on any atom is -0.367 e. The van der Waals surface area contributed by atoms with Crippen LogP contribution in [0.1, 0.15) is 48.4 Å². The number of carbonyl (C=O) groups is 4. The Kier molecular flexibility index (Phi) is 6.30. The first-order chi connectivity index (χ1) is 18.0. The quantitative estimate of drug-likeness (QED) is 0.270. The second kappa shape index (κ2) is 9.63. The van der Waals surface area contributed by atoms with E-state index in [9.17, 15) is 19.2 Å². The highest BCUT2D eigenvalue weighted by Gasteiger charge is 2.40. The van der Waals surface area contributed by atoms with Crippen molar-refractivity contribution >= 4 is 46.7 Å². The predicted octanol–water partition coefficient (Wildman–Crippen LogP) is 4.03. The van der Waals surface area contributed by atoms with Gasteiger partial charge in [-0.15, -0.1) is 11.8 Å². The van der Waals surface area contributed by atoms with E-state index in [4.69, 9.17) is 4.74 Å². The number of thioether (sulfide) groups is 2. The van der Waals surface area contributed by atoms with Crippen LogP contribution in [0.5, 0.6) is 0 Å². The Morgan fingerprint density at radius 2 is 1.14 bits per heavy atom. The number of nitrogens with zero attached hydrogens (tertiary/aromatic N) is 2. The van der Waals surface area contributed by atoms with Crippen LogP contribution in [0.2, 0.25) is 0 Å². The van der Waals surface area contributed by atoms with Crippen molar-refractivity contribution in [1.29, 1.82) is 0 Å². The standard InChI is InChI=1S/C28H24N2O5S2/c1-16(37-28-22(30-12-13-30)24(32)18-7-3-5-9-20(18)26(28)34)35-14-15-36-27-21(29-10-11-29)23(31)17-6-2-4-8-19(17)25(27)33/h2-9,16H,10-15H2,1H3. The summed E-state index contributed by atoms with van der Waals surface area (Å²) in [7, 11) is 0. The minimum absolute atomic E-state index is 0.102. The number of ketones is 4. The molecule has 1 unspecified atom stereocenters. The fraction of sp³-hybridized carbons (Fsp3) is 0.286. The summed E-state index contributed by atoms with van der Waals surface area (Å²) in [6.07, 6.45) is 0. The highest BCUT2D eigenvalue weighted by atomic mass is 32.2. The SMILES string of the molecule is CC(OCCSC1=C(N2CC2)C(=O)c2ccccc2C1=O)SC1=C(N2CC2)C(=O)c2ccccc2C1=O. The molecule has 2 saturated heterocycles. The Labute approximate surface area is 222 Å². The van der Waals surface area contributed by atoms with Crippen LogP contribution >= 0.6 is 23.5 Å². The average molecular weight is 533 g/mol. The molecule has 2 heterocycles. The van der Waals surface area contributed by atoms with E-state index in [0.29, 0.717) is 55.8 Å². The van der Waals surface area contributed by atoms with E-state index in [1.165, 1.54) is 23.5 Å². The second-order valence-electron chi connectivity index (χ2n) is 9.14. The fourth-order valence-electron chi connectivity index (χ4n) is 4.60. The number of fused-ring (bicyclic) bond motifs is 2. The third-order valence-electron chi connectivity index (χ3n) is 6.60. The molecule has 0 aromatic heterocycles. The van der Waals surface area contributed by atoms with E-state index in [-0.39, 0.29) is 28.6 Å². The fourth-order valence-corrected chi connectivity index (χ4v) is 6.63. The number of carbonyl (C=O) groups excluding carboxylic acids is 4. The van der Waals surface area contributed by atoms with Gasteiger partial charge in [-0.05, 0) is 6.92 Å². The van der Waals surface area contributed by atoms with Gasteiger partial charge in [0.1, 0.15) is 16.8 Å². The molecule has 7 nitrogen and oxygen atoms in total. The lowest BCUT2D eigenvalue weighted by Gasteiger charge is -2.23. The molecule has 6 rings (SSSR count). The van der Waals surface area contributed by atoms with Gasteiger partial charge in [-0.2, -0.15) is 0 Å². The van der Waals surface area contributed by atoms with E-state index in [0.717, 1.165) is 26.2 Å². The molecule has 37 heavy (non-hydrogen) atoms. The summed E-state index contributed by atoms with van der Waals surface area (Å²) in [6, 6.07) is 13.9. The third-order valence-corrected chi connectivity index (χ3v) is 8.72. The summed E-state index contributed by atoms with van der Waals surface area (Å²) in [6.45, 7) is 5.24. The largest absolute Gasteiger partial charge is 0.367 e. The average Bonchev–Trinajstić information content (AvgIpc) is 3.83. The number of benzene rings is 2. The van der Waals surface area contributed by atoms with Gasteiger partial charge in [-0.3, -0.25) is 19.2 Å². The number of Topliss-reactive ketones (excluding diaryl/α,β-unsaturated/α-hetero) is 4. The van der Waals surface area contributed by atoms with Crippen molar-refractivity contribution in [3.05, 3.63) is 92.0 Å². The Morgan fingerprint density at radius 3 is 1.62 bits per heavy atom. The summed E-state index contributed by atoms with van der Waals surface area (Å²) < 4.78 is 5.99. The number of ether oxygens (including phenoxy) is 1. The number of hydrogen-bond acceptors (Lipinski definition) is 9. The number of hydrogen-bond donors (Lipinski definition) is 0. The van der Waals surface area contributed by atoms with Gasteiger partial charge in [0.2, 0.25) is 23.1 Å². The molecule has 0 N–H and O–H groups in total. The number of rotatable bonds is 9. The van der Waals surface area contributed by atoms with E-state index in [1.807, 2.05) is 16.7 Å². The topological polar surface area (TPSA) is 83.5 Å². The van der Waals surface area contributed by atoms with Crippen LogP contribution in [0.3, 0.4) is 0 Å². The first kappa shape index (κ1) is 24.2. The predicted molar refractivity (Wildman–Crippen MR) is 143 cm³/mol. The van der Waals surface area contributed by atoms with E-state index in [2.05, 4.69) is 0 Å². The molecule has 0 amide bonds. The molecule has 4 aliphatic rings. The lowest BCUT2D eigenvalue weighted by molar-refractivity contribution is 0.0965. The highest BCUT2D eigenvalue weighted by Crippen LogP contribution is 2.39. The van der Waals surface area contributed by atoms with Crippen molar-refractivity contribution in [1.82, 2.24) is 9.80 Å². The first-order valence-electron chi connectivity index (χ1n) is 12.2. The zero-order valence-electron chi connectivity index (χ0n) is 20.2. The van der Waals surface area contributed by atoms with Gasteiger partial charge in [0.15, 0.2) is 0 Å². The zero-order chi connectivity index (χ0) is 25.7. The number of allylic oxidation sites excluding steroid dienone is 4. The van der Waals surface area contributed by atoms with Crippen LogP contribution in [0.15, 0.2) is 69.7 Å². The molecule has 188 valence electrons. The Bertz CT molecular complexity index is 1420. The van der Waals surface area contributed by atoms with Crippen LogP contribution in [0.4, 0.5) is 0 Å². The third kappa shape index (κ3) is 4.45. The molecule has 2 fully saturated rings. The molecule has 2 aromatic rings. The molecule has 2 aromatic carbocycles. The summed E-state index contributed by atoms with van der Waals surface area (Å²) in [5.74, 6) is -0.0106. The Morgan fingerprint density at radius 1 is 0.703 bits per heavy atom. The van der Waals surface area contributed by atoms with E-state index >= 15 is 0 Å². The van der Waals surface area contributed by atoms with Crippen LogP contribution in [0.25, 0.3) is 0 Å². The van der Waals surface area contributed by atoms with Crippen molar-refractivity contribution < 1.29 is 23.9 Å². The highest BCUT2D eigenvalue weighted by molar-refractivity contribution is 8.04. The lowest BCUT2D eigenvalue weighted by Crippen LogP contribution is -2.26.